The maximum atomic E-state index is 6.03. The molecule has 0 amide bonds. The fourth-order valence-corrected chi connectivity index (χ4v) is 2.55. The first kappa shape index (κ1) is 14.9. The first-order chi connectivity index (χ1) is 9.27. The molecule has 1 aromatic heterocycles. The van der Waals surface area contributed by atoms with Crippen molar-refractivity contribution in [2.45, 2.75) is 50.0 Å². The van der Waals surface area contributed by atoms with Crippen LogP contribution in [0.5, 0.6) is 0 Å². The van der Waals surface area contributed by atoms with Gasteiger partial charge in [-0.1, -0.05) is 50.2 Å². The first-order valence-electron chi connectivity index (χ1n) is 6.66. The summed E-state index contributed by atoms with van der Waals surface area (Å²) in [5.41, 5.74) is 8.13. The zero-order chi connectivity index (χ0) is 14.9. The Balaban J connectivity index is 2.40. The molecular weight excluding hydrogens is 266 g/mol. The molecule has 0 atom stereocenters. The van der Waals surface area contributed by atoms with Gasteiger partial charge in [0.15, 0.2) is 0 Å². The highest BCUT2D eigenvalue weighted by Crippen LogP contribution is 2.32. The van der Waals surface area contributed by atoms with Gasteiger partial charge in [-0.25, -0.2) is 9.97 Å². The Kier molecular flexibility index (Phi) is 4.04. The maximum absolute atomic E-state index is 6.03. The van der Waals surface area contributed by atoms with Gasteiger partial charge in [-0.3, -0.25) is 0 Å². The zero-order valence-corrected chi connectivity index (χ0v) is 13.5. The molecule has 0 saturated heterocycles. The topological polar surface area (TPSA) is 51.8 Å². The summed E-state index contributed by atoms with van der Waals surface area (Å²) in [6.45, 7) is 10.3. The lowest BCUT2D eigenvalue weighted by Gasteiger charge is -2.19. The Morgan fingerprint density at radius 1 is 1.00 bits per heavy atom. The van der Waals surface area contributed by atoms with Crippen molar-refractivity contribution >= 4 is 17.6 Å². The monoisotopic (exact) mass is 287 g/mol. The van der Waals surface area contributed by atoms with E-state index in [9.17, 15) is 0 Å². The molecule has 2 aromatic rings. The zero-order valence-electron chi connectivity index (χ0n) is 12.7. The summed E-state index contributed by atoms with van der Waals surface area (Å²) in [5.74, 6) is 1.36. The van der Waals surface area contributed by atoms with Crippen molar-refractivity contribution < 1.29 is 0 Å². The van der Waals surface area contributed by atoms with Gasteiger partial charge >= 0.3 is 0 Å². The minimum atomic E-state index is -0.107. The van der Waals surface area contributed by atoms with E-state index in [1.807, 2.05) is 6.92 Å². The lowest BCUT2D eigenvalue weighted by molar-refractivity contribution is 0.538. The molecule has 1 heterocycles. The molecule has 0 aliphatic heterocycles. The van der Waals surface area contributed by atoms with Gasteiger partial charge in [-0.2, -0.15) is 0 Å². The molecule has 0 saturated carbocycles. The van der Waals surface area contributed by atoms with E-state index in [1.165, 1.54) is 5.56 Å². The molecule has 0 bridgehead atoms. The van der Waals surface area contributed by atoms with Gasteiger partial charge in [0.05, 0.1) is 0 Å². The molecular formula is C16H21N3S. The minimum Gasteiger partial charge on any atom is -0.383 e. The standard InChI is InChI=1S/C16H21N3S/c1-10-6-8-12(9-7-10)20-14-11(2)13(17)18-15(19-14)16(3,4)5/h6-9H,1-5H3,(H2,17,18,19). The molecule has 4 heteroatoms. The molecule has 0 aliphatic rings. The number of rotatable bonds is 2. The van der Waals surface area contributed by atoms with Crippen LogP contribution < -0.4 is 5.73 Å². The highest BCUT2D eigenvalue weighted by Gasteiger charge is 2.20. The second-order valence-electron chi connectivity index (χ2n) is 6.03. The van der Waals surface area contributed by atoms with Crippen molar-refractivity contribution in [3.05, 3.63) is 41.2 Å². The molecule has 0 aliphatic carbocycles. The minimum absolute atomic E-state index is 0.107. The number of hydrogen-bond donors (Lipinski definition) is 1. The predicted molar refractivity (Wildman–Crippen MR) is 85.2 cm³/mol. The van der Waals surface area contributed by atoms with Crippen molar-refractivity contribution in [3.8, 4) is 0 Å². The van der Waals surface area contributed by atoms with Crippen LogP contribution in [0.3, 0.4) is 0 Å². The van der Waals surface area contributed by atoms with E-state index in [0.29, 0.717) is 5.82 Å². The molecule has 1 aromatic carbocycles. The van der Waals surface area contributed by atoms with Crippen LogP contribution >= 0.6 is 11.8 Å². The molecule has 0 spiro atoms. The largest absolute Gasteiger partial charge is 0.383 e. The molecule has 0 radical (unpaired) electrons. The number of aromatic nitrogens is 2. The summed E-state index contributed by atoms with van der Waals surface area (Å²) in [4.78, 5) is 10.3. The number of nitrogen functional groups attached to an aromatic ring is 1. The smallest absolute Gasteiger partial charge is 0.137 e. The van der Waals surface area contributed by atoms with E-state index in [-0.39, 0.29) is 5.41 Å². The van der Waals surface area contributed by atoms with Crippen LogP contribution in [0.1, 0.15) is 37.7 Å². The molecule has 3 nitrogen and oxygen atoms in total. The van der Waals surface area contributed by atoms with E-state index in [0.717, 1.165) is 21.3 Å². The van der Waals surface area contributed by atoms with Gasteiger partial charge in [0.25, 0.3) is 0 Å². The van der Waals surface area contributed by atoms with Crippen LogP contribution in [0.2, 0.25) is 0 Å². The lowest BCUT2D eigenvalue weighted by Crippen LogP contribution is -2.18. The third kappa shape index (κ3) is 3.31. The van der Waals surface area contributed by atoms with Gasteiger partial charge in [0, 0.05) is 15.9 Å². The lowest BCUT2D eigenvalue weighted by atomic mass is 9.95. The number of hydrogen-bond acceptors (Lipinski definition) is 4. The fourth-order valence-electron chi connectivity index (χ4n) is 1.67. The molecule has 2 N–H and O–H groups in total. The Morgan fingerprint density at radius 2 is 1.60 bits per heavy atom. The number of aryl methyl sites for hydroxylation is 1. The van der Waals surface area contributed by atoms with E-state index < -0.39 is 0 Å². The van der Waals surface area contributed by atoms with Gasteiger partial charge in [-0.05, 0) is 26.0 Å². The Morgan fingerprint density at radius 3 is 2.15 bits per heavy atom. The predicted octanol–water partition coefficient (Wildman–Crippen LogP) is 4.12. The third-order valence-electron chi connectivity index (χ3n) is 3.05. The average molecular weight is 287 g/mol. The third-order valence-corrected chi connectivity index (χ3v) is 4.14. The van der Waals surface area contributed by atoms with Crippen molar-refractivity contribution in [2.24, 2.45) is 0 Å². The summed E-state index contributed by atoms with van der Waals surface area (Å²) in [6, 6.07) is 8.42. The highest BCUT2D eigenvalue weighted by atomic mass is 32.2. The van der Waals surface area contributed by atoms with Gasteiger partial charge in [0.1, 0.15) is 16.7 Å². The SMILES string of the molecule is Cc1ccc(Sc2nc(C(C)(C)C)nc(N)c2C)cc1. The maximum Gasteiger partial charge on any atom is 0.137 e. The van der Waals surface area contributed by atoms with Crippen LogP contribution in [-0.4, -0.2) is 9.97 Å². The molecule has 106 valence electrons. The quantitative estimate of drug-likeness (QED) is 0.844. The van der Waals surface area contributed by atoms with Crippen LogP contribution in [0, 0.1) is 13.8 Å². The van der Waals surface area contributed by atoms with Crippen LogP contribution in [-0.2, 0) is 5.41 Å². The number of benzene rings is 1. The first-order valence-corrected chi connectivity index (χ1v) is 7.48. The fraction of sp³-hybridized carbons (Fsp3) is 0.375. The van der Waals surface area contributed by atoms with E-state index in [2.05, 4.69) is 56.9 Å². The molecule has 20 heavy (non-hydrogen) atoms. The summed E-state index contributed by atoms with van der Waals surface area (Å²) >= 11 is 1.64. The molecule has 2 rings (SSSR count). The van der Waals surface area contributed by atoms with E-state index in [1.54, 1.807) is 11.8 Å². The number of nitrogens with zero attached hydrogens (tertiary/aromatic N) is 2. The molecule has 0 unspecified atom stereocenters. The van der Waals surface area contributed by atoms with Crippen molar-refractivity contribution in [3.63, 3.8) is 0 Å². The van der Waals surface area contributed by atoms with Crippen molar-refractivity contribution in [1.29, 1.82) is 0 Å². The van der Waals surface area contributed by atoms with E-state index in [4.69, 9.17) is 10.7 Å². The Bertz CT molecular complexity index is 613. The van der Waals surface area contributed by atoms with Crippen LogP contribution in [0.25, 0.3) is 0 Å². The highest BCUT2D eigenvalue weighted by molar-refractivity contribution is 7.99. The summed E-state index contributed by atoms with van der Waals surface area (Å²) in [6.07, 6.45) is 0. The summed E-state index contributed by atoms with van der Waals surface area (Å²) in [5, 5.41) is 0.936. The van der Waals surface area contributed by atoms with Crippen molar-refractivity contribution in [1.82, 2.24) is 9.97 Å². The summed E-state index contributed by atoms with van der Waals surface area (Å²) < 4.78 is 0. The van der Waals surface area contributed by atoms with Crippen molar-refractivity contribution in [2.75, 3.05) is 5.73 Å². The van der Waals surface area contributed by atoms with Crippen LogP contribution in [0.4, 0.5) is 5.82 Å². The normalized spacial score (nSPS) is 11.7. The van der Waals surface area contributed by atoms with Gasteiger partial charge in [0.2, 0.25) is 0 Å². The van der Waals surface area contributed by atoms with Crippen LogP contribution in [0.15, 0.2) is 34.2 Å². The summed E-state index contributed by atoms with van der Waals surface area (Å²) in [7, 11) is 0. The second-order valence-corrected chi connectivity index (χ2v) is 7.09. The Hall–Kier alpha value is -1.55. The second kappa shape index (κ2) is 5.44. The van der Waals surface area contributed by atoms with Gasteiger partial charge in [-0.15, -0.1) is 0 Å². The average Bonchev–Trinajstić information content (AvgIpc) is 2.36. The van der Waals surface area contributed by atoms with Gasteiger partial charge < -0.3 is 5.73 Å². The number of nitrogens with two attached hydrogens (primary N) is 1. The van der Waals surface area contributed by atoms with E-state index >= 15 is 0 Å². The Labute approximate surface area is 125 Å². The number of anilines is 1. The molecule has 0 fully saturated rings.